The van der Waals surface area contributed by atoms with Crippen molar-refractivity contribution in [3.63, 3.8) is 0 Å². The minimum absolute atomic E-state index is 0.230. The number of phenols is 1. The van der Waals surface area contributed by atoms with Crippen LogP contribution < -0.4 is 0 Å². The van der Waals surface area contributed by atoms with Crippen molar-refractivity contribution in [2.75, 3.05) is 0 Å². The summed E-state index contributed by atoms with van der Waals surface area (Å²) in [6.45, 7) is 0. The minimum atomic E-state index is 0.230. The lowest BCUT2D eigenvalue weighted by Crippen LogP contribution is -1.85. The Hall–Kier alpha value is -3.50. The van der Waals surface area contributed by atoms with Gasteiger partial charge in [-0.2, -0.15) is 0 Å². The van der Waals surface area contributed by atoms with E-state index in [0.29, 0.717) is 0 Å². The van der Waals surface area contributed by atoms with Crippen LogP contribution in [0.2, 0.25) is 0 Å². The van der Waals surface area contributed by atoms with E-state index in [0.717, 1.165) is 38.1 Å². The molecule has 5 rings (SSSR count). The van der Waals surface area contributed by atoms with E-state index in [1.165, 1.54) is 4.70 Å². The minimum Gasteiger partial charge on any atom is -0.507 e. The van der Waals surface area contributed by atoms with Gasteiger partial charge in [0.25, 0.3) is 0 Å². The van der Waals surface area contributed by atoms with E-state index in [4.69, 9.17) is 4.98 Å². The Kier molecular flexibility index (Phi) is 4.11. The molecule has 0 aliphatic rings. The number of nitrogens with zero attached hydrogens (tertiary/aromatic N) is 2. The SMILES string of the molecule is Oc1ccc2ccccc2c1C=Nc1ccc(-c2nc3ccccc3s2)cc1. The zero-order valence-electron chi connectivity index (χ0n) is 14.9. The predicted octanol–water partition coefficient (Wildman–Crippen LogP) is 6.57. The van der Waals surface area contributed by atoms with Gasteiger partial charge in [-0.05, 0) is 53.2 Å². The van der Waals surface area contributed by atoms with Gasteiger partial charge in [0, 0.05) is 17.3 Å². The summed E-state index contributed by atoms with van der Waals surface area (Å²) in [5.41, 5.74) is 3.66. The number of fused-ring (bicyclic) bond motifs is 2. The van der Waals surface area contributed by atoms with E-state index in [9.17, 15) is 5.11 Å². The maximum atomic E-state index is 10.3. The van der Waals surface area contributed by atoms with E-state index in [1.807, 2.05) is 72.8 Å². The first-order chi connectivity index (χ1) is 13.8. The van der Waals surface area contributed by atoms with Gasteiger partial charge >= 0.3 is 0 Å². The van der Waals surface area contributed by atoms with Gasteiger partial charge in [0.15, 0.2) is 0 Å². The highest BCUT2D eigenvalue weighted by Gasteiger charge is 2.06. The van der Waals surface area contributed by atoms with Crippen LogP contribution in [-0.4, -0.2) is 16.3 Å². The third-order valence-corrected chi connectivity index (χ3v) is 5.78. The number of benzene rings is 4. The van der Waals surface area contributed by atoms with Gasteiger partial charge in [-0.3, -0.25) is 4.99 Å². The summed E-state index contributed by atoms with van der Waals surface area (Å²) in [6.07, 6.45) is 1.73. The molecule has 3 nitrogen and oxygen atoms in total. The molecule has 0 radical (unpaired) electrons. The van der Waals surface area contributed by atoms with Crippen LogP contribution in [0.25, 0.3) is 31.6 Å². The van der Waals surface area contributed by atoms with Crippen molar-refractivity contribution >= 4 is 44.2 Å². The van der Waals surface area contributed by atoms with Crippen LogP contribution in [0.4, 0.5) is 5.69 Å². The Morgan fingerprint density at radius 3 is 2.46 bits per heavy atom. The molecule has 0 spiro atoms. The Labute approximate surface area is 166 Å². The van der Waals surface area contributed by atoms with Crippen molar-refractivity contribution in [2.45, 2.75) is 0 Å². The number of hydrogen-bond acceptors (Lipinski definition) is 4. The lowest BCUT2D eigenvalue weighted by atomic mass is 10.0. The second-order valence-electron chi connectivity index (χ2n) is 6.51. The first-order valence-electron chi connectivity index (χ1n) is 8.99. The Morgan fingerprint density at radius 2 is 1.61 bits per heavy atom. The van der Waals surface area contributed by atoms with Crippen LogP contribution in [0.3, 0.4) is 0 Å². The van der Waals surface area contributed by atoms with Gasteiger partial charge in [0.2, 0.25) is 0 Å². The standard InChI is InChI=1S/C24H16N2OS/c27-22-14-11-16-5-1-2-6-19(16)20(22)15-25-18-12-9-17(10-13-18)24-26-21-7-3-4-8-23(21)28-24/h1-15,27H. The number of phenolic OH excluding ortho intramolecular Hbond substituents is 1. The average Bonchev–Trinajstić information content (AvgIpc) is 3.18. The Bertz CT molecular complexity index is 1290. The molecule has 28 heavy (non-hydrogen) atoms. The summed E-state index contributed by atoms with van der Waals surface area (Å²) in [7, 11) is 0. The fourth-order valence-electron chi connectivity index (χ4n) is 3.24. The van der Waals surface area contributed by atoms with Crippen molar-refractivity contribution in [1.29, 1.82) is 0 Å². The molecule has 0 unspecified atom stereocenters. The molecule has 0 saturated heterocycles. The van der Waals surface area contributed by atoms with E-state index in [1.54, 1.807) is 23.6 Å². The zero-order chi connectivity index (χ0) is 18.9. The van der Waals surface area contributed by atoms with Gasteiger partial charge < -0.3 is 5.11 Å². The maximum absolute atomic E-state index is 10.3. The molecule has 134 valence electrons. The summed E-state index contributed by atoms with van der Waals surface area (Å²) in [4.78, 5) is 9.26. The molecule has 1 heterocycles. The molecule has 5 aromatic rings. The van der Waals surface area contributed by atoms with Gasteiger partial charge in [0.1, 0.15) is 10.8 Å². The molecule has 1 aromatic heterocycles. The maximum Gasteiger partial charge on any atom is 0.124 e. The highest BCUT2D eigenvalue weighted by molar-refractivity contribution is 7.21. The molecule has 0 fully saturated rings. The lowest BCUT2D eigenvalue weighted by Gasteiger charge is -2.04. The molecule has 0 atom stereocenters. The second-order valence-corrected chi connectivity index (χ2v) is 7.54. The van der Waals surface area contributed by atoms with Crippen molar-refractivity contribution in [3.05, 3.63) is 90.5 Å². The zero-order valence-corrected chi connectivity index (χ0v) is 15.7. The highest BCUT2D eigenvalue weighted by Crippen LogP contribution is 2.31. The summed E-state index contributed by atoms with van der Waals surface area (Å²) in [5.74, 6) is 0.230. The van der Waals surface area contributed by atoms with E-state index >= 15 is 0 Å². The predicted molar refractivity (Wildman–Crippen MR) is 118 cm³/mol. The van der Waals surface area contributed by atoms with Crippen LogP contribution in [0, 0.1) is 0 Å². The molecule has 0 amide bonds. The second kappa shape index (κ2) is 6.91. The van der Waals surface area contributed by atoms with Gasteiger partial charge in [-0.25, -0.2) is 4.98 Å². The summed E-state index contributed by atoms with van der Waals surface area (Å²) < 4.78 is 1.19. The number of hydrogen-bond donors (Lipinski definition) is 1. The van der Waals surface area contributed by atoms with Crippen molar-refractivity contribution in [2.24, 2.45) is 4.99 Å². The molecule has 0 saturated carbocycles. The smallest absolute Gasteiger partial charge is 0.124 e. The van der Waals surface area contributed by atoms with Gasteiger partial charge in [-0.1, -0.05) is 42.5 Å². The monoisotopic (exact) mass is 380 g/mol. The normalized spacial score (nSPS) is 11.6. The number of rotatable bonds is 3. The summed E-state index contributed by atoms with van der Waals surface area (Å²) >= 11 is 1.69. The quantitative estimate of drug-likeness (QED) is 0.360. The fourth-order valence-corrected chi connectivity index (χ4v) is 4.22. The van der Waals surface area contributed by atoms with Crippen molar-refractivity contribution < 1.29 is 5.11 Å². The first kappa shape index (κ1) is 16.7. The van der Waals surface area contributed by atoms with Crippen molar-refractivity contribution in [1.82, 2.24) is 4.98 Å². The first-order valence-corrected chi connectivity index (χ1v) is 9.80. The van der Waals surface area contributed by atoms with E-state index in [2.05, 4.69) is 11.1 Å². The van der Waals surface area contributed by atoms with E-state index in [-0.39, 0.29) is 5.75 Å². The lowest BCUT2D eigenvalue weighted by molar-refractivity contribution is 0.475. The molecule has 0 aliphatic heterocycles. The topological polar surface area (TPSA) is 45.5 Å². The third-order valence-electron chi connectivity index (χ3n) is 4.70. The number of para-hydroxylation sites is 1. The van der Waals surface area contributed by atoms with Gasteiger partial charge in [-0.15, -0.1) is 11.3 Å². The molecule has 4 heteroatoms. The molecular weight excluding hydrogens is 364 g/mol. The fraction of sp³-hybridized carbons (Fsp3) is 0. The number of aliphatic imine (C=N–C) groups is 1. The van der Waals surface area contributed by atoms with Crippen molar-refractivity contribution in [3.8, 4) is 16.3 Å². The number of aromatic nitrogens is 1. The molecular formula is C24H16N2OS. The largest absolute Gasteiger partial charge is 0.507 e. The molecule has 4 aromatic carbocycles. The van der Waals surface area contributed by atoms with Crippen LogP contribution in [0.5, 0.6) is 5.75 Å². The Balaban J connectivity index is 1.46. The average molecular weight is 380 g/mol. The Morgan fingerprint density at radius 1 is 0.821 bits per heavy atom. The van der Waals surface area contributed by atoms with Crippen LogP contribution in [0.1, 0.15) is 5.56 Å². The summed E-state index contributed by atoms with van der Waals surface area (Å²) in [6, 6.07) is 27.8. The van der Waals surface area contributed by atoms with Crippen LogP contribution in [-0.2, 0) is 0 Å². The highest BCUT2D eigenvalue weighted by atomic mass is 32.1. The summed E-state index contributed by atoms with van der Waals surface area (Å²) in [5, 5.41) is 13.3. The van der Waals surface area contributed by atoms with Gasteiger partial charge in [0.05, 0.1) is 15.9 Å². The van der Waals surface area contributed by atoms with E-state index < -0.39 is 0 Å². The number of aromatic hydroxyl groups is 1. The van der Waals surface area contributed by atoms with Crippen LogP contribution in [0.15, 0.2) is 89.9 Å². The third kappa shape index (κ3) is 3.04. The molecule has 0 aliphatic carbocycles. The number of thiazole rings is 1. The molecule has 1 N–H and O–H groups in total. The van der Waals surface area contributed by atoms with Crippen LogP contribution >= 0.6 is 11.3 Å². The molecule has 0 bridgehead atoms.